The molecule has 0 aromatic rings. The van der Waals surface area contributed by atoms with Crippen LogP contribution in [0.5, 0.6) is 0 Å². The molecular formula is C9H16O3. The molecule has 0 aromatic heterocycles. The minimum absolute atomic E-state index is 0.0353. The maximum Gasteiger partial charge on any atom is 0.313 e. The van der Waals surface area contributed by atoms with Crippen molar-refractivity contribution in [3.8, 4) is 0 Å². The van der Waals surface area contributed by atoms with Crippen LogP contribution in [0.1, 0.15) is 34.1 Å². The van der Waals surface area contributed by atoms with Crippen LogP contribution in [0.4, 0.5) is 0 Å². The summed E-state index contributed by atoms with van der Waals surface area (Å²) in [6.45, 7) is 7.63. The van der Waals surface area contributed by atoms with Gasteiger partial charge in [0.2, 0.25) is 0 Å². The molecule has 3 nitrogen and oxygen atoms in total. The standard InChI is InChI=1S/C9H16O3/c1-7(10)5-8(11)12-6-9(2,3)4/h5-6H2,1-4H3. The number of ketones is 1. The third-order valence-corrected chi connectivity index (χ3v) is 1.06. The van der Waals surface area contributed by atoms with Crippen molar-refractivity contribution in [1.29, 1.82) is 0 Å². The second-order valence-corrected chi connectivity index (χ2v) is 4.10. The van der Waals surface area contributed by atoms with Crippen molar-refractivity contribution in [3.63, 3.8) is 0 Å². The predicted octanol–water partition coefficient (Wildman–Crippen LogP) is 1.55. The highest BCUT2D eigenvalue weighted by atomic mass is 16.5. The number of Topliss-reactive ketones (excluding diaryl/α,β-unsaturated/α-hetero) is 1. The number of hydrogen-bond acceptors (Lipinski definition) is 3. The van der Waals surface area contributed by atoms with E-state index >= 15 is 0 Å². The highest BCUT2D eigenvalue weighted by Crippen LogP contribution is 2.13. The van der Waals surface area contributed by atoms with Gasteiger partial charge in [-0.15, -0.1) is 0 Å². The summed E-state index contributed by atoms with van der Waals surface area (Å²) in [6.07, 6.45) is -0.115. The van der Waals surface area contributed by atoms with Crippen LogP contribution in [0.3, 0.4) is 0 Å². The molecule has 0 aromatic carbocycles. The van der Waals surface area contributed by atoms with Gasteiger partial charge in [-0.05, 0) is 12.3 Å². The fourth-order valence-electron chi connectivity index (χ4n) is 0.551. The van der Waals surface area contributed by atoms with Crippen LogP contribution in [0, 0.1) is 5.41 Å². The van der Waals surface area contributed by atoms with E-state index in [-0.39, 0.29) is 17.6 Å². The van der Waals surface area contributed by atoms with E-state index in [0.29, 0.717) is 6.61 Å². The normalized spacial score (nSPS) is 11.0. The van der Waals surface area contributed by atoms with Gasteiger partial charge in [0.05, 0.1) is 6.61 Å². The van der Waals surface area contributed by atoms with E-state index in [1.807, 2.05) is 20.8 Å². The zero-order valence-corrected chi connectivity index (χ0v) is 8.14. The first kappa shape index (κ1) is 11.1. The molecular weight excluding hydrogens is 156 g/mol. The van der Waals surface area contributed by atoms with Crippen LogP contribution in [0.15, 0.2) is 0 Å². The van der Waals surface area contributed by atoms with Crippen LogP contribution in [-0.4, -0.2) is 18.4 Å². The van der Waals surface area contributed by atoms with Gasteiger partial charge in [0, 0.05) is 0 Å². The molecule has 0 saturated heterocycles. The minimum atomic E-state index is -0.433. The summed E-state index contributed by atoms with van der Waals surface area (Å²) >= 11 is 0. The van der Waals surface area contributed by atoms with E-state index in [0.717, 1.165) is 0 Å². The average Bonchev–Trinajstić information content (AvgIpc) is 1.80. The van der Waals surface area contributed by atoms with Crippen molar-refractivity contribution in [2.75, 3.05) is 6.61 Å². The second kappa shape index (κ2) is 4.24. The quantitative estimate of drug-likeness (QED) is 0.479. The first-order valence-corrected chi connectivity index (χ1v) is 3.96. The Morgan fingerprint density at radius 3 is 2.08 bits per heavy atom. The summed E-state index contributed by atoms with van der Waals surface area (Å²) in [7, 11) is 0. The summed E-state index contributed by atoms with van der Waals surface area (Å²) in [5.74, 6) is -0.591. The second-order valence-electron chi connectivity index (χ2n) is 4.10. The lowest BCUT2D eigenvalue weighted by molar-refractivity contribution is -0.148. The maximum atomic E-state index is 10.9. The molecule has 0 bridgehead atoms. The molecule has 0 aliphatic carbocycles. The van der Waals surface area contributed by atoms with Crippen molar-refractivity contribution < 1.29 is 14.3 Å². The Labute approximate surface area is 73.1 Å². The number of hydrogen-bond donors (Lipinski definition) is 0. The summed E-state index contributed by atoms with van der Waals surface area (Å²) in [5, 5.41) is 0. The number of rotatable bonds is 3. The third-order valence-electron chi connectivity index (χ3n) is 1.06. The van der Waals surface area contributed by atoms with Gasteiger partial charge in [-0.3, -0.25) is 9.59 Å². The molecule has 0 aliphatic heterocycles. The molecule has 0 aliphatic rings. The Bertz CT molecular complexity index is 177. The minimum Gasteiger partial charge on any atom is -0.465 e. The fourth-order valence-corrected chi connectivity index (χ4v) is 0.551. The monoisotopic (exact) mass is 172 g/mol. The van der Waals surface area contributed by atoms with Gasteiger partial charge in [0.15, 0.2) is 0 Å². The molecule has 0 unspecified atom stereocenters. The molecule has 0 N–H and O–H groups in total. The van der Waals surface area contributed by atoms with E-state index in [4.69, 9.17) is 4.74 Å². The first-order chi connectivity index (χ1) is 5.31. The highest BCUT2D eigenvalue weighted by Gasteiger charge is 2.14. The Morgan fingerprint density at radius 2 is 1.75 bits per heavy atom. The van der Waals surface area contributed by atoms with Crippen LogP contribution in [0.25, 0.3) is 0 Å². The van der Waals surface area contributed by atoms with Crippen molar-refractivity contribution in [1.82, 2.24) is 0 Å². The Balaban J connectivity index is 3.65. The topological polar surface area (TPSA) is 43.4 Å². The molecule has 70 valence electrons. The van der Waals surface area contributed by atoms with Gasteiger partial charge >= 0.3 is 5.97 Å². The van der Waals surface area contributed by atoms with Gasteiger partial charge in [0.25, 0.3) is 0 Å². The van der Waals surface area contributed by atoms with Gasteiger partial charge in [-0.1, -0.05) is 20.8 Å². The fraction of sp³-hybridized carbons (Fsp3) is 0.778. The van der Waals surface area contributed by atoms with Gasteiger partial charge in [-0.25, -0.2) is 0 Å². The van der Waals surface area contributed by atoms with Crippen molar-refractivity contribution in [2.45, 2.75) is 34.1 Å². The molecule has 0 spiro atoms. The number of ether oxygens (including phenoxy) is 1. The van der Waals surface area contributed by atoms with Crippen LogP contribution in [-0.2, 0) is 14.3 Å². The number of carbonyl (C=O) groups excluding carboxylic acids is 2. The smallest absolute Gasteiger partial charge is 0.313 e. The third kappa shape index (κ3) is 7.25. The summed E-state index contributed by atoms with van der Waals surface area (Å²) in [4.78, 5) is 21.3. The lowest BCUT2D eigenvalue weighted by Crippen LogP contribution is -2.19. The van der Waals surface area contributed by atoms with Gasteiger partial charge in [0.1, 0.15) is 12.2 Å². The Hall–Kier alpha value is -0.860. The van der Waals surface area contributed by atoms with E-state index in [1.165, 1.54) is 6.92 Å². The lowest BCUT2D eigenvalue weighted by Gasteiger charge is -2.17. The maximum absolute atomic E-state index is 10.9. The first-order valence-electron chi connectivity index (χ1n) is 3.96. The SMILES string of the molecule is CC(=O)CC(=O)OCC(C)(C)C. The summed E-state index contributed by atoms with van der Waals surface area (Å²) in [6, 6.07) is 0. The average molecular weight is 172 g/mol. The van der Waals surface area contributed by atoms with Crippen molar-refractivity contribution in [2.24, 2.45) is 5.41 Å². The highest BCUT2D eigenvalue weighted by molar-refractivity contribution is 5.94. The Morgan fingerprint density at radius 1 is 1.25 bits per heavy atom. The number of esters is 1. The zero-order valence-electron chi connectivity index (χ0n) is 8.14. The molecule has 0 fully saturated rings. The Kier molecular flexibility index (Phi) is 3.93. The molecule has 0 heterocycles. The molecule has 0 radical (unpaired) electrons. The van der Waals surface area contributed by atoms with Crippen LogP contribution in [0.2, 0.25) is 0 Å². The number of carbonyl (C=O) groups is 2. The van der Waals surface area contributed by atoms with E-state index in [1.54, 1.807) is 0 Å². The molecule has 0 rings (SSSR count). The van der Waals surface area contributed by atoms with E-state index in [2.05, 4.69) is 0 Å². The van der Waals surface area contributed by atoms with E-state index < -0.39 is 5.97 Å². The molecule has 0 amide bonds. The van der Waals surface area contributed by atoms with Gasteiger partial charge in [-0.2, -0.15) is 0 Å². The molecule has 12 heavy (non-hydrogen) atoms. The predicted molar refractivity (Wildman–Crippen MR) is 45.7 cm³/mol. The lowest BCUT2D eigenvalue weighted by atomic mass is 9.99. The summed E-state index contributed by atoms with van der Waals surface area (Å²) in [5.41, 5.74) is -0.0353. The molecule has 3 heteroatoms. The zero-order chi connectivity index (χ0) is 9.78. The largest absolute Gasteiger partial charge is 0.465 e. The van der Waals surface area contributed by atoms with Crippen LogP contribution < -0.4 is 0 Å². The van der Waals surface area contributed by atoms with Gasteiger partial charge < -0.3 is 4.74 Å². The van der Waals surface area contributed by atoms with Crippen molar-refractivity contribution in [3.05, 3.63) is 0 Å². The van der Waals surface area contributed by atoms with E-state index in [9.17, 15) is 9.59 Å². The van der Waals surface area contributed by atoms with Crippen molar-refractivity contribution >= 4 is 11.8 Å². The molecule has 0 saturated carbocycles. The summed E-state index contributed by atoms with van der Waals surface area (Å²) < 4.78 is 4.86. The molecule has 0 atom stereocenters. The van der Waals surface area contributed by atoms with Crippen LogP contribution >= 0.6 is 0 Å².